The van der Waals surface area contributed by atoms with Gasteiger partial charge in [-0.1, -0.05) is 51.0 Å². The zero-order valence-corrected chi connectivity index (χ0v) is 14.1. The molecule has 0 spiro atoms. The highest BCUT2D eigenvalue weighted by Crippen LogP contribution is 2.24. The summed E-state index contributed by atoms with van der Waals surface area (Å²) in [5.74, 6) is 0. The van der Waals surface area contributed by atoms with Gasteiger partial charge in [-0.25, -0.2) is 0 Å². The van der Waals surface area contributed by atoms with Crippen molar-refractivity contribution < 1.29 is 0 Å². The highest BCUT2D eigenvalue weighted by atomic mass is 15.3. The third-order valence-electron chi connectivity index (χ3n) is 4.05. The first-order chi connectivity index (χ1) is 10.8. The van der Waals surface area contributed by atoms with E-state index in [2.05, 4.69) is 65.3 Å². The van der Waals surface area contributed by atoms with E-state index in [-0.39, 0.29) is 0 Å². The molecule has 0 amide bonds. The van der Waals surface area contributed by atoms with E-state index in [1.165, 1.54) is 36.8 Å². The molecule has 0 aliphatic rings. The lowest BCUT2D eigenvalue weighted by molar-refractivity contribution is 0.254. The molecule has 0 aliphatic carbocycles. The summed E-state index contributed by atoms with van der Waals surface area (Å²) in [5, 5.41) is 11.6. The fourth-order valence-electron chi connectivity index (χ4n) is 2.66. The maximum absolute atomic E-state index is 4.41. The van der Waals surface area contributed by atoms with Crippen LogP contribution in [0.2, 0.25) is 0 Å². The summed E-state index contributed by atoms with van der Waals surface area (Å²) >= 11 is 0. The van der Waals surface area contributed by atoms with E-state index in [1.807, 2.05) is 0 Å². The van der Waals surface area contributed by atoms with Crippen molar-refractivity contribution in [1.29, 1.82) is 0 Å². The Morgan fingerprint density at radius 1 is 1.00 bits per heavy atom. The minimum absolute atomic E-state index is 0.875. The van der Waals surface area contributed by atoms with E-state index in [4.69, 9.17) is 0 Å². The standard InChI is InChI=1S/C18H28N4/c1-4-6-12-22(13-7-5-2)14-17-18(20-21-19-17)16-11-9-8-10-15(16)3/h8-11H,4-7,12-14H2,1-3H3,(H,19,20,21). The van der Waals surface area contributed by atoms with Gasteiger partial charge in [0.25, 0.3) is 0 Å². The molecule has 0 unspecified atom stereocenters. The number of aromatic nitrogens is 3. The van der Waals surface area contributed by atoms with Crippen molar-refractivity contribution in [1.82, 2.24) is 20.3 Å². The first kappa shape index (κ1) is 16.7. The van der Waals surface area contributed by atoms with Crippen molar-refractivity contribution >= 4 is 0 Å². The summed E-state index contributed by atoms with van der Waals surface area (Å²) in [6.45, 7) is 9.76. The van der Waals surface area contributed by atoms with Crippen LogP contribution in [0.5, 0.6) is 0 Å². The summed E-state index contributed by atoms with van der Waals surface area (Å²) in [7, 11) is 0. The molecule has 0 saturated heterocycles. The summed E-state index contributed by atoms with van der Waals surface area (Å²) in [6.07, 6.45) is 4.93. The molecule has 0 atom stereocenters. The molecule has 0 aliphatic heterocycles. The van der Waals surface area contributed by atoms with E-state index in [0.717, 1.165) is 31.0 Å². The van der Waals surface area contributed by atoms with Crippen molar-refractivity contribution in [3.05, 3.63) is 35.5 Å². The van der Waals surface area contributed by atoms with Crippen molar-refractivity contribution in [3.63, 3.8) is 0 Å². The molecule has 0 bridgehead atoms. The molecule has 0 saturated carbocycles. The average molecular weight is 300 g/mol. The van der Waals surface area contributed by atoms with Crippen LogP contribution >= 0.6 is 0 Å². The zero-order chi connectivity index (χ0) is 15.8. The minimum atomic E-state index is 0.875. The van der Waals surface area contributed by atoms with Crippen LogP contribution in [0.3, 0.4) is 0 Å². The smallest absolute Gasteiger partial charge is 0.117 e. The molecular formula is C18H28N4. The number of H-pyrrole nitrogens is 1. The molecule has 1 heterocycles. The number of unbranched alkanes of at least 4 members (excludes halogenated alkanes) is 2. The van der Waals surface area contributed by atoms with Gasteiger partial charge < -0.3 is 0 Å². The monoisotopic (exact) mass is 300 g/mol. The fourth-order valence-corrected chi connectivity index (χ4v) is 2.66. The van der Waals surface area contributed by atoms with Crippen LogP contribution in [-0.4, -0.2) is 33.4 Å². The van der Waals surface area contributed by atoms with Crippen molar-refractivity contribution in [2.45, 2.75) is 53.0 Å². The molecule has 2 aromatic rings. The van der Waals surface area contributed by atoms with Crippen LogP contribution in [0.4, 0.5) is 0 Å². The Labute approximate surface area is 133 Å². The van der Waals surface area contributed by atoms with Gasteiger partial charge in [-0.2, -0.15) is 15.4 Å². The number of benzene rings is 1. The van der Waals surface area contributed by atoms with Crippen LogP contribution in [-0.2, 0) is 6.54 Å². The van der Waals surface area contributed by atoms with Gasteiger partial charge in [0, 0.05) is 12.1 Å². The Bertz CT molecular complexity index is 554. The number of nitrogens with one attached hydrogen (secondary N) is 1. The van der Waals surface area contributed by atoms with Crippen LogP contribution in [0.25, 0.3) is 11.3 Å². The predicted molar refractivity (Wildman–Crippen MR) is 91.6 cm³/mol. The van der Waals surface area contributed by atoms with Crippen molar-refractivity contribution in [3.8, 4) is 11.3 Å². The summed E-state index contributed by atoms with van der Waals surface area (Å²) in [5.41, 5.74) is 4.47. The van der Waals surface area contributed by atoms with E-state index in [0.29, 0.717) is 0 Å². The molecule has 1 N–H and O–H groups in total. The Morgan fingerprint density at radius 2 is 1.68 bits per heavy atom. The maximum Gasteiger partial charge on any atom is 0.117 e. The Morgan fingerprint density at radius 3 is 2.32 bits per heavy atom. The van der Waals surface area contributed by atoms with E-state index in [9.17, 15) is 0 Å². The lowest BCUT2D eigenvalue weighted by Crippen LogP contribution is -2.26. The molecule has 120 valence electrons. The third-order valence-corrected chi connectivity index (χ3v) is 4.05. The first-order valence-corrected chi connectivity index (χ1v) is 8.44. The maximum atomic E-state index is 4.41. The molecule has 4 heteroatoms. The second-order valence-corrected chi connectivity index (χ2v) is 5.92. The Balaban J connectivity index is 2.15. The average Bonchev–Trinajstić information content (AvgIpc) is 2.98. The van der Waals surface area contributed by atoms with Gasteiger partial charge in [-0.3, -0.25) is 4.90 Å². The summed E-state index contributed by atoms with van der Waals surface area (Å²) < 4.78 is 0. The molecule has 1 aromatic carbocycles. The fraction of sp³-hybridized carbons (Fsp3) is 0.556. The second kappa shape index (κ2) is 8.69. The van der Waals surface area contributed by atoms with Gasteiger partial charge in [-0.15, -0.1) is 0 Å². The molecule has 4 nitrogen and oxygen atoms in total. The normalized spacial score (nSPS) is 11.3. The molecule has 22 heavy (non-hydrogen) atoms. The molecular weight excluding hydrogens is 272 g/mol. The largest absolute Gasteiger partial charge is 0.297 e. The number of aromatic amines is 1. The number of hydrogen-bond donors (Lipinski definition) is 1. The third kappa shape index (κ3) is 4.41. The van der Waals surface area contributed by atoms with Crippen molar-refractivity contribution in [2.75, 3.05) is 13.1 Å². The Hall–Kier alpha value is -1.68. The Kier molecular flexibility index (Phi) is 6.59. The van der Waals surface area contributed by atoms with Crippen LogP contribution in [0, 0.1) is 6.92 Å². The SMILES string of the molecule is CCCCN(CCCC)Cc1n[nH]nc1-c1ccccc1C. The van der Waals surface area contributed by atoms with Crippen LogP contribution in [0.15, 0.2) is 24.3 Å². The van der Waals surface area contributed by atoms with E-state index >= 15 is 0 Å². The molecule has 0 fully saturated rings. The molecule has 2 rings (SSSR count). The van der Waals surface area contributed by atoms with Gasteiger partial charge in [0.15, 0.2) is 0 Å². The lowest BCUT2D eigenvalue weighted by atomic mass is 10.0. The highest BCUT2D eigenvalue weighted by molar-refractivity contribution is 5.64. The van der Waals surface area contributed by atoms with Gasteiger partial charge in [0.1, 0.15) is 11.4 Å². The van der Waals surface area contributed by atoms with E-state index in [1.54, 1.807) is 0 Å². The number of aryl methyl sites for hydroxylation is 1. The van der Waals surface area contributed by atoms with Crippen LogP contribution < -0.4 is 0 Å². The second-order valence-electron chi connectivity index (χ2n) is 5.92. The van der Waals surface area contributed by atoms with Gasteiger partial charge >= 0.3 is 0 Å². The predicted octanol–water partition coefficient (Wildman–Crippen LogP) is 4.18. The van der Waals surface area contributed by atoms with E-state index < -0.39 is 0 Å². The lowest BCUT2D eigenvalue weighted by Gasteiger charge is -2.21. The quantitative estimate of drug-likeness (QED) is 0.755. The topological polar surface area (TPSA) is 44.8 Å². The van der Waals surface area contributed by atoms with Gasteiger partial charge in [0.05, 0.1) is 0 Å². The number of rotatable bonds is 9. The zero-order valence-electron chi connectivity index (χ0n) is 14.1. The van der Waals surface area contributed by atoms with Gasteiger partial charge in [0.2, 0.25) is 0 Å². The highest BCUT2D eigenvalue weighted by Gasteiger charge is 2.15. The van der Waals surface area contributed by atoms with Crippen molar-refractivity contribution in [2.24, 2.45) is 0 Å². The summed E-state index contributed by atoms with van der Waals surface area (Å²) in [6, 6.07) is 8.37. The first-order valence-electron chi connectivity index (χ1n) is 8.44. The van der Waals surface area contributed by atoms with Gasteiger partial charge in [-0.05, 0) is 38.4 Å². The molecule has 1 aromatic heterocycles. The molecule has 0 radical (unpaired) electrons. The van der Waals surface area contributed by atoms with Crippen LogP contribution in [0.1, 0.15) is 50.8 Å². The minimum Gasteiger partial charge on any atom is -0.297 e. The number of hydrogen-bond acceptors (Lipinski definition) is 3. The summed E-state index contributed by atoms with van der Waals surface area (Å²) in [4.78, 5) is 2.51. The number of nitrogens with zero attached hydrogens (tertiary/aromatic N) is 3.